The molecule has 0 heterocycles. The summed E-state index contributed by atoms with van der Waals surface area (Å²) in [7, 11) is 0. The molecule has 0 saturated heterocycles. The van der Waals surface area contributed by atoms with Crippen LogP contribution in [0.1, 0.15) is 60.3 Å². The van der Waals surface area contributed by atoms with Gasteiger partial charge in [0.1, 0.15) is 0 Å². The second-order valence-corrected chi connectivity index (χ2v) is 7.92. The Kier molecular flexibility index (Phi) is 9.22. The van der Waals surface area contributed by atoms with Crippen LogP contribution in [0.15, 0.2) is 0 Å². The first-order valence-corrected chi connectivity index (χ1v) is 7.71. The maximum absolute atomic E-state index is 4.42. The Bertz CT molecular complexity index is 127. The van der Waals surface area contributed by atoms with Crippen LogP contribution in [0.25, 0.3) is 0 Å². The fraction of sp³-hybridized carbons (Fsp3) is 1.00. The number of hydrogen-bond acceptors (Lipinski definition) is 2. The molecular weight excluding hydrogens is 220 g/mol. The topological polar surface area (TPSA) is 0 Å². The lowest BCUT2D eigenvalue weighted by Gasteiger charge is -2.18. The summed E-state index contributed by atoms with van der Waals surface area (Å²) in [6, 6.07) is 0. The molecule has 0 fully saturated rings. The van der Waals surface area contributed by atoms with Gasteiger partial charge in [0, 0.05) is 10.5 Å². The zero-order valence-electron chi connectivity index (χ0n) is 11.0. The highest BCUT2D eigenvalue weighted by atomic mass is 32.2. The monoisotopic (exact) mass is 248 g/mol. The van der Waals surface area contributed by atoms with Crippen LogP contribution in [0.4, 0.5) is 0 Å². The molecule has 0 saturated carbocycles. The Morgan fingerprint density at radius 1 is 0.800 bits per heavy atom. The summed E-state index contributed by atoms with van der Waals surface area (Å²) in [4.78, 5) is 0. The maximum Gasteiger partial charge on any atom is 0.00217 e. The lowest BCUT2D eigenvalue weighted by molar-refractivity contribution is 0.554. The molecule has 0 aromatic carbocycles. The van der Waals surface area contributed by atoms with Crippen LogP contribution in [0.5, 0.6) is 0 Å². The van der Waals surface area contributed by atoms with E-state index in [2.05, 4.69) is 59.0 Å². The van der Waals surface area contributed by atoms with Gasteiger partial charge in [0.2, 0.25) is 0 Å². The van der Waals surface area contributed by atoms with Crippen LogP contribution in [0.3, 0.4) is 0 Å². The standard InChI is InChI=1S/C13H28S2/c1-10(2)6-8-12(4)15-13(5)9-7-11(3)14/h10-14H,6-9H2,1-5H3. The van der Waals surface area contributed by atoms with Crippen LogP contribution < -0.4 is 0 Å². The maximum atomic E-state index is 4.42. The van der Waals surface area contributed by atoms with Crippen molar-refractivity contribution in [3.05, 3.63) is 0 Å². The molecule has 0 aromatic heterocycles. The molecular formula is C13H28S2. The van der Waals surface area contributed by atoms with E-state index in [9.17, 15) is 0 Å². The van der Waals surface area contributed by atoms with Crippen molar-refractivity contribution in [3.63, 3.8) is 0 Å². The van der Waals surface area contributed by atoms with Crippen molar-refractivity contribution in [1.82, 2.24) is 0 Å². The summed E-state index contributed by atoms with van der Waals surface area (Å²) in [5, 5.41) is 2.17. The van der Waals surface area contributed by atoms with Gasteiger partial charge < -0.3 is 0 Å². The van der Waals surface area contributed by atoms with E-state index in [1.807, 2.05) is 0 Å². The molecule has 0 nitrogen and oxygen atoms in total. The van der Waals surface area contributed by atoms with Gasteiger partial charge in [0.15, 0.2) is 0 Å². The lowest BCUT2D eigenvalue weighted by atomic mass is 10.1. The highest BCUT2D eigenvalue weighted by molar-refractivity contribution is 8.00. The normalized spacial score (nSPS) is 17.8. The van der Waals surface area contributed by atoms with E-state index in [-0.39, 0.29) is 0 Å². The van der Waals surface area contributed by atoms with Crippen molar-refractivity contribution in [3.8, 4) is 0 Å². The molecule has 3 unspecified atom stereocenters. The predicted octanol–water partition coefficient (Wildman–Crippen LogP) is 5.03. The summed E-state index contributed by atoms with van der Waals surface area (Å²) in [5.74, 6) is 0.848. The van der Waals surface area contributed by atoms with Crippen molar-refractivity contribution in [2.24, 2.45) is 5.92 Å². The smallest absolute Gasteiger partial charge is 0.00217 e. The molecule has 0 amide bonds. The largest absolute Gasteiger partial charge is 0.176 e. The fourth-order valence-electron chi connectivity index (χ4n) is 1.58. The van der Waals surface area contributed by atoms with Gasteiger partial charge in [-0.3, -0.25) is 0 Å². The van der Waals surface area contributed by atoms with Gasteiger partial charge in [-0.05, 0) is 36.9 Å². The van der Waals surface area contributed by atoms with Gasteiger partial charge in [0.05, 0.1) is 0 Å². The number of rotatable bonds is 8. The molecule has 92 valence electrons. The summed E-state index contributed by atoms with van der Waals surface area (Å²) in [6.45, 7) is 11.5. The van der Waals surface area contributed by atoms with Crippen molar-refractivity contribution in [1.29, 1.82) is 0 Å². The first-order chi connectivity index (χ1) is 6.91. The zero-order valence-corrected chi connectivity index (χ0v) is 12.7. The van der Waals surface area contributed by atoms with E-state index >= 15 is 0 Å². The predicted molar refractivity (Wildman–Crippen MR) is 78.3 cm³/mol. The van der Waals surface area contributed by atoms with Crippen LogP contribution >= 0.6 is 24.4 Å². The highest BCUT2D eigenvalue weighted by Gasteiger charge is 2.10. The average molecular weight is 249 g/mol. The van der Waals surface area contributed by atoms with Crippen molar-refractivity contribution >= 4 is 24.4 Å². The highest BCUT2D eigenvalue weighted by Crippen LogP contribution is 2.26. The van der Waals surface area contributed by atoms with Crippen LogP contribution in [0.2, 0.25) is 0 Å². The molecule has 0 rings (SSSR count). The Hall–Kier alpha value is 0.700. The van der Waals surface area contributed by atoms with Gasteiger partial charge in [0.25, 0.3) is 0 Å². The second-order valence-electron chi connectivity index (χ2n) is 5.15. The average Bonchev–Trinajstić information content (AvgIpc) is 2.11. The van der Waals surface area contributed by atoms with Crippen LogP contribution in [-0.2, 0) is 0 Å². The minimum absolute atomic E-state index is 0.555. The third kappa shape index (κ3) is 11.0. The molecule has 0 spiro atoms. The van der Waals surface area contributed by atoms with Gasteiger partial charge in [-0.25, -0.2) is 0 Å². The molecule has 0 aliphatic carbocycles. The van der Waals surface area contributed by atoms with E-state index in [0.29, 0.717) is 5.25 Å². The van der Waals surface area contributed by atoms with Crippen LogP contribution in [-0.4, -0.2) is 15.7 Å². The minimum Gasteiger partial charge on any atom is -0.176 e. The molecule has 15 heavy (non-hydrogen) atoms. The lowest BCUT2D eigenvalue weighted by Crippen LogP contribution is -2.07. The van der Waals surface area contributed by atoms with Crippen molar-refractivity contribution < 1.29 is 0 Å². The fourth-order valence-corrected chi connectivity index (χ4v) is 3.06. The number of thioether (sulfide) groups is 1. The Morgan fingerprint density at radius 3 is 1.67 bits per heavy atom. The van der Waals surface area contributed by atoms with Gasteiger partial charge in [-0.15, -0.1) is 0 Å². The molecule has 0 radical (unpaired) electrons. The minimum atomic E-state index is 0.555. The summed E-state index contributed by atoms with van der Waals surface area (Å²) in [6.07, 6.45) is 5.28. The summed E-state index contributed by atoms with van der Waals surface area (Å²) in [5.41, 5.74) is 0. The molecule has 0 aliphatic heterocycles. The molecule has 3 atom stereocenters. The van der Waals surface area contributed by atoms with E-state index < -0.39 is 0 Å². The Labute approximate surface area is 106 Å². The van der Waals surface area contributed by atoms with Gasteiger partial charge in [-0.1, -0.05) is 34.6 Å². The first kappa shape index (κ1) is 15.7. The third-order valence-electron chi connectivity index (χ3n) is 2.61. The SMILES string of the molecule is CC(C)CCC(C)SC(C)CCC(C)S. The molecule has 0 bridgehead atoms. The number of hydrogen-bond donors (Lipinski definition) is 1. The second kappa shape index (κ2) is 8.81. The molecule has 2 heteroatoms. The molecule has 0 aromatic rings. The van der Waals surface area contributed by atoms with Crippen LogP contribution in [0, 0.1) is 5.92 Å². The third-order valence-corrected chi connectivity index (χ3v) is 4.26. The van der Waals surface area contributed by atoms with E-state index in [0.717, 1.165) is 16.4 Å². The first-order valence-electron chi connectivity index (χ1n) is 6.25. The van der Waals surface area contributed by atoms with Crippen molar-refractivity contribution in [2.45, 2.75) is 76.1 Å². The van der Waals surface area contributed by atoms with E-state index in [1.54, 1.807) is 0 Å². The van der Waals surface area contributed by atoms with Gasteiger partial charge in [-0.2, -0.15) is 24.4 Å². The van der Waals surface area contributed by atoms with E-state index in [1.165, 1.54) is 25.7 Å². The van der Waals surface area contributed by atoms with E-state index in [4.69, 9.17) is 0 Å². The molecule has 0 aliphatic rings. The quantitative estimate of drug-likeness (QED) is 0.588. The van der Waals surface area contributed by atoms with Gasteiger partial charge >= 0.3 is 0 Å². The zero-order chi connectivity index (χ0) is 11.8. The summed E-state index contributed by atoms with van der Waals surface area (Å²) >= 11 is 6.57. The Balaban J connectivity index is 3.52. The summed E-state index contributed by atoms with van der Waals surface area (Å²) < 4.78 is 0. The van der Waals surface area contributed by atoms with Crippen molar-refractivity contribution in [2.75, 3.05) is 0 Å². The number of thiol groups is 1. The Morgan fingerprint density at radius 2 is 1.27 bits per heavy atom. The molecule has 0 N–H and O–H groups in total.